The first-order valence-corrected chi connectivity index (χ1v) is 7.21. The number of carboxylic acids is 1. The van der Waals surface area contributed by atoms with E-state index in [1.54, 1.807) is 18.9 Å². The number of carbonyl (C=O) groups is 2. The summed E-state index contributed by atoms with van der Waals surface area (Å²) < 4.78 is 10.9. The zero-order valence-electron chi connectivity index (χ0n) is 12.1. The molecule has 2 atom stereocenters. The molecule has 1 heterocycles. The molecule has 0 bridgehead atoms. The zero-order valence-corrected chi connectivity index (χ0v) is 12.1. The van der Waals surface area contributed by atoms with Crippen molar-refractivity contribution in [1.82, 2.24) is 4.90 Å². The number of amides is 1. The Morgan fingerprint density at radius 3 is 2.45 bits per heavy atom. The fourth-order valence-corrected chi connectivity index (χ4v) is 3.17. The van der Waals surface area contributed by atoms with Gasteiger partial charge in [0.05, 0.1) is 12.6 Å². The molecule has 1 aliphatic heterocycles. The van der Waals surface area contributed by atoms with Crippen LogP contribution < -0.4 is 0 Å². The summed E-state index contributed by atoms with van der Waals surface area (Å²) in [5.74, 6) is -1.11. The van der Waals surface area contributed by atoms with Crippen LogP contribution in [0.25, 0.3) is 0 Å². The van der Waals surface area contributed by atoms with E-state index in [0.29, 0.717) is 19.4 Å². The van der Waals surface area contributed by atoms with Crippen molar-refractivity contribution in [3.63, 3.8) is 0 Å². The summed E-state index contributed by atoms with van der Waals surface area (Å²) >= 11 is 0. The molecule has 1 N–H and O–H groups in total. The van der Waals surface area contributed by atoms with E-state index in [1.807, 2.05) is 0 Å². The molecule has 2 fully saturated rings. The Kier molecular flexibility index (Phi) is 4.65. The van der Waals surface area contributed by atoms with Gasteiger partial charge < -0.3 is 19.5 Å². The molecule has 1 amide bonds. The number of carboxylic acid groups (broad SMARTS) is 1. The average molecular weight is 285 g/mol. The third kappa shape index (κ3) is 2.96. The summed E-state index contributed by atoms with van der Waals surface area (Å²) in [4.78, 5) is 25.5. The van der Waals surface area contributed by atoms with Gasteiger partial charge in [0, 0.05) is 13.7 Å². The van der Waals surface area contributed by atoms with Crippen LogP contribution in [0.5, 0.6) is 0 Å². The lowest BCUT2D eigenvalue weighted by Crippen LogP contribution is -2.58. The van der Waals surface area contributed by atoms with Gasteiger partial charge in [0.25, 0.3) is 5.91 Å². The van der Waals surface area contributed by atoms with Crippen LogP contribution in [0.15, 0.2) is 0 Å². The van der Waals surface area contributed by atoms with Crippen molar-refractivity contribution in [3.05, 3.63) is 0 Å². The fraction of sp³-hybridized carbons (Fsp3) is 0.857. The van der Waals surface area contributed by atoms with Gasteiger partial charge in [0.2, 0.25) is 0 Å². The number of hydrogen-bond donors (Lipinski definition) is 1. The lowest BCUT2D eigenvalue weighted by atomic mass is 9.83. The normalized spacial score (nSPS) is 30.0. The number of morpholine rings is 1. The lowest BCUT2D eigenvalue weighted by molar-refractivity contribution is -0.178. The van der Waals surface area contributed by atoms with Gasteiger partial charge in [-0.2, -0.15) is 0 Å². The van der Waals surface area contributed by atoms with Crippen molar-refractivity contribution in [2.24, 2.45) is 0 Å². The van der Waals surface area contributed by atoms with Gasteiger partial charge in [-0.15, -0.1) is 0 Å². The summed E-state index contributed by atoms with van der Waals surface area (Å²) in [5.41, 5.74) is -0.766. The smallest absolute Gasteiger partial charge is 0.334 e. The van der Waals surface area contributed by atoms with E-state index >= 15 is 0 Å². The Morgan fingerprint density at radius 1 is 1.25 bits per heavy atom. The van der Waals surface area contributed by atoms with Crippen molar-refractivity contribution >= 4 is 11.9 Å². The molecule has 0 spiro atoms. The van der Waals surface area contributed by atoms with Crippen LogP contribution >= 0.6 is 0 Å². The van der Waals surface area contributed by atoms with Crippen LogP contribution in [-0.4, -0.2) is 59.9 Å². The minimum Gasteiger partial charge on any atom is -0.479 e. The van der Waals surface area contributed by atoms with E-state index in [0.717, 1.165) is 19.3 Å². The third-order valence-electron chi connectivity index (χ3n) is 4.26. The number of carbonyl (C=O) groups excluding carboxylic acids is 1. The van der Waals surface area contributed by atoms with Crippen LogP contribution in [0.3, 0.4) is 0 Å². The maximum absolute atomic E-state index is 12.8. The van der Waals surface area contributed by atoms with E-state index < -0.39 is 17.7 Å². The van der Waals surface area contributed by atoms with Gasteiger partial charge in [-0.1, -0.05) is 19.3 Å². The molecule has 1 saturated heterocycles. The topological polar surface area (TPSA) is 76.1 Å². The third-order valence-corrected chi connectivity index (χ3v) is 4.26. The first kappa shape index (κ1) is 15.3. The highest BCUT2D eigenvalue weighted by Gasteiger charge is 2.45. The Hall–Kier alpha value is -1.14. The molecular formula is C14H23NO5. The molecule has 6 heteroatoms. The van der Waals surface area contributed by atoms with Crippen molar-refractivity contribution in [1.29, 1.82) is 0 Å². The maximum atomic E-state index is 12.8. The standard InChI is InChI=1S/C14H23NO5/c1-10-8-15(9-11(20-10)12(16)17)13(18)14(19-2)6-4-3-5-7-14/h10-11H,3-9H2,1-2H3,(H,16,17)/t10-,11?/m1/s1. The number of nitrogens with zero attached hydrogens (tertiary/aromatic N) is 1. The molecule has 2 rings (SSSR count). The average Bonchev–Trinajstić information content (AvgIpc) is 2.46. The highest BCUT2D eigenvalue weighted by Crippen LogP contribution is 2.33. The Balaban J connectivity index is 2.12. The van der Waals surface area contributed by atoms with Crippen molar-refractivity contribution in [3.8, 4) is 0 Å². The Bertz CT molecular complexity index is 378. The molecular weight excluding hydrogens is 262 g/mol. The number of methoxy groups -OCH3 is 1. The molecule has 20 heavy (non-hydrogen) atoms. The van der Waals surface area contributed by atoms with E-state index in [-0.39, 0.29) is 18.6 Å². The van der Waals surface area contributed by atoms with Crippen LogP contribution in [-0.2, 0) is 19.1 Å². The van der Waals surface area contributed by atoms with Gasteiger partial charge in [-0.25, -0.2) is 4.79 Å². The number of ether oxygens (including phenoxy) is 2. The quantitative estimate of drug-likeness (QED) is 0.838. The van der Waals surface area contributed by atoms with Crippen LogP contribution in [0.1, 0.15) is 39.0 Å². The first-order chi connectivity index (χ1) is 9.48. The van der Waals surface area contributed by atoms with Gasteiger partial charge in [0.15, 0.2) is 6.10 Å². The van der Waals surface area contributed by atoms with Crippen molar-refractivity contribution in [2.75, 3.05) is 20.2 Å². The van der Waals surface area contributed by atoms with Gasteiger partial charge in [-0.05, 0) is 19.8 Å². The fourth-order valence-electron chi connectivity index (χ4n) is 3.17. The second-order valence-corrected chi connectivity index (χ2v) is 5.74. The van der Waals surface area contributed by atoms with Gasteiger partial charge in [-0.3, -0.25) is 4.79 Å². The summed E-state index contributed by atoms with van der Waals surface area (Å²) in [6, 6.07) is 0. The monoisotopic (exact) mass is 285 g/mol. The minimum atomic E-state index is -1.02. The molecule has 0 aromatic heterocycles. The Morgan fingerprint density at radius 2 is 1.90 bits per heavy atom. The van der Waals surface area contributed by atoms with Crippen LogP contribution in [0.2, 0.25) is 0 Å². The molecule has 0 aromatic rings. The van der Waals surface area contributed by atoms with Gasteiger partial charge in [0.1, 0.15) is 5.60 Å². The van der Waals surface area contributed by atoms with Gasteiger partial charge >= 0.3 is 5.97 Å². The number of rotatable bonds is 3. The highest BCUT2D eigenvalue weighted by atomic mass is 16.5. The largest absolute Gasteiger partial charge is 0.479 e. The highest BCUT2D eigenvalue weighted by molar-refractivity contribution is 5.86. The molecule has 0 radical (unpaired) electrons. The molecule has 2 aliphatic rings. The van der Waals surface area contributed by atoms with E-state index in [2.05, 4.69) is 0 Å². The summed E-state index contributed by atoms with van der Waals surface area (Å²) in [6.45, 7) is 2.31. The molecule has 1 unspecified atom stereocenters. The lowest BCUT2D eigenvalue weighted by Gasteiger charge is -2.42. The maximum Gasteiger partial charge on any atom is 0.334 e. The van der Waals surface area contributed by atoms with Crippen molar-refractivity contribution < 1.29 is 24.2 Å². The van der Waals surface area contributed by atoms with Crippen LogP contribution in [0.4, 0.5) is 0 Å². The molecule has 6 nitrogen and oxygen atoms in total. The van der Waals surface area contributed by atoms with E-state index in [4.69, 9.17) is 14.6 Å². The summed E-state index contributed by atoms with van der Waals surface area (Å²) in [6.07, 6.45) is 3.28. The summed E-state index contributed by atoms with van der Waals surface area (Å²) in [5, 5.41) is 9.09. The molecule has 1 saturated carbocycles. The zero-order chi connectivity index (χ0) is 14.8. The second-order valence-electron chi connectivity index (χ2n) is 5.74. The molecule has 1 aliphatic carbocycles. The van der Waals surface area contributed by atoms with E-state index in [1.165, 1.54) is 0 Å². The SMILES string of the molecule is COC1(C(=O)N2CC(C(=O)O)O[C@H](C)C2)CCCCC1. The van der Waals surface area contributed by atoms with Crippen LogP contribution in [0, 0.1) is 0 Å². The predicted molar refractivity (Wildman–Crippen MR) is 71.4 cm³/mol. The minimum absolute atomic E-state index is 0.0823. The first-order valence-electron chi connectivity index (χ1n) is 7.21. The molecule has 114 valence electrons. The predicted octanol–water partition coefficient (Wildman–Crippen LogP) is 1.04. The number of aliphatic carboxylic acids is 1. The van der Waals surface area contributed by atoms with E-state index in [9.17, 15) is 9.59 Å². The Labute approximate surface area is 119 Å². The number of hydrogen-bond acceptors (Lipinski definition) is 4. The summed E-state index contributed by atoms with van der Waals surface area (Å²) in [7, 11) is 1.57. The van der Waals surface area contributed by atoms with Crippen molar-refractivity contribution in [2.45, 2.75) is 56.8 Å². The second kappa shape index (κ2) is 6.10. The molecule has 0 aromatic carbocycles.